The molecule has 0 bridgehead atoms. The molecule has 125 heavy (non-hydrogen) atoms. The minimum Gasteiger partial charge on any atom is -0.449 e. The number of carbonyl (C=O) groups is 6. The average Bonchev–Trinajstić information content (AvgIpc) is 1.69. The normalized spacial score (nSPS) is 15.6. The third-order valence-corrected chi connectivity index (χ3v) is 23.0. The summed E-state index contributed by atoms with van der Waals surface area (Å²) in [5, 5.41) is 18.8. The van der Waals surface area contributed by atoms with Gasteiger partial charge in [-0.3, -0.25) is 28.8 Å². The van der Waals surface area contributed by atoms with Crippen LogP contribution in [0.4, 0.5) is 10.7 Å². The number of nitrogens with two attached hydrogens (primary N) is 1. The Morgan fingerprint density at radius 1 is 0.608 bits per heavy atom. The second-order valence-corrected chi connectivity index (χ2v) is 32.0. The van der Waals surface area contributed by atoms with Gasteiger partial charge in [-0.15, -0.1) is 6.42 Å². The van der Waals surface area contributed by atoms with E-state index in [2.05, 4.69) is 65.6 Å². The molecule has 31 nitrogen and oxygen atoms in total. The highest BCUT2D eigenvalue weighted by Crippen LogP contribution is 2.46. The highest BCUT2D eigenvalue weighted by molar-refractivity contribution is 5.98. The third-order valence-electron chi connectivity index (χ3n) is 23.0. The summed E-state index contributed by atoms with van der Waals surface area (Å²) in [5.74, 6) is 0.0954. The Kier molecular flexibility index (Phi) is 36.5. The number of piperidine rings is 2. The van der Waals surface area contributed by atoms with E-state index in [1.54, 1.807) is 17.8 Å². The molecule has 2 aliphatic carbocycles. The molecule has 8 aromatic rings. The van der Waals surface area contributed by atoms with E-state index in [0.717, 1.165) is 115 Å². The van der Waals surface area contributed by atoms with Gasteiger partial charge in [0.15, 0.2) is 5.60 Å². The Morgan fingerprint density at radius 3 is 1.79 bits per heavy atom. The van der Waals surface area contributed by atoms with Crippen LogP contribution in [0.5, 0.6) is 0 Å². The van der Waals surface area contributed by atoms with Crippen LogP contribution < -0.4 is 48.1 Å². The molecule has 670 valence electrons. The van der Waals surface area contributed by atoms with Crippen LogP contribution in [0.25, 0.3) is 44.1 Å². The SMILES string of the molecule is C#CCNC1(C)CCN(C2CCN(c3nc(C(COCNC(=O)CNC(=O)[C@H](Cc4ccccc4)NC(=O)CNC(=O)[C@H](CCCCCOCCOCCOCCOCCOCCOCCOCCOCCC(N)=O)NC(=O)OCC4c5ccccc5-c5ccccc54)(OC4CC4)c4ccccc4)c4cc(-c5cn(C)c(=O)c6[nH]ccc56)ccc4n3)CC2)CC1. The lowest BCUT2D eigenvalue weighted by molar-refractivity contribution is -0.131. The average molecular weight is 1720 g/mol. The van der Waals surface area contributed by atoms with Crippen LogP contribution in [-0.4, -0.2) is 261 Å². The van der Waals surface area contributed by atoms with Crippen molar-refractivity contribution in [1.29, 1.82) is 0 Å². The Morgan fingerprint density at radius 2 is 1.18 bits per heavy atom. The largest absolute Gasteiger partial charge is 0.449 e. The minimum absolute atomic E-state index is 0.00433. The minimum atomic E-state index is -1.37. The lowest BCUT2D eigenvalue weighted by Crippen LogP contribution is -2.55. The van der Waals surface area contributed by atoms with Crippen LogP contribution >= 0.6 is 0 Å². The number of terminal acetylenes is 1. The Balaban J connectivity index is 0.624. The van der Waals surface area contributed by atoms with Crippen molar-refractivity contribution in [3.8, 4) is 34.6 Å². The zero-order valence-electron chi connectivity index (χ0n) is 71.9. The molecule has 4 aliphatic rings. The molecule has 6 amide bonds. The molecular formula is C94H121N13O18. The maximum absolute atomic E-state index is 14.3. The summed E-state index contributed by atoms with van der Waals surface area (Å²) in [4.78, 5) is 113. The molecule has 0 radical (unpaired) electrons. The molecule has 3 aromatic heterocycles. The number of unbranched alkanes of at least 4 members (excludes halogenated alkanes) is 2. The number of carbonyl (C=O) groups excluding carboxylic acids is 6. The van der Waals surface area contributed by atoms with E-state index >= 15 is 0 Å². The second kappa shape index (κ2) is 48.8. The van der Waals surface area contributed by atoms with Crippen LogP contribution in [0.1, 0.15) is 111 Å². The molecule has 31 heteroatoms. The number of nitrogens with zero attached hydrogens (tertiary/aromatic N) is 5. The first-order valence-corrected chi connectivity index (χ1v) is 43.7. The maximum Gasteiger partial charge on any atom is 0.407 e. The number of aromatic nitrogens is 4. The number of pyridine rings is 1. The fourth-order valence-corrected chi connectivity index (χ4v) is 16.0. The highest BCUT2D eigenvalue weighted by Gasteiger charge is 2.45. The van der Waals surface area contributed by atoms with Crippen molar-refractivity contribution in [1.82, 2.24) is 56.3 Å². The van der Waals surface area contributed by atoms with Gasteiger partial charge in [0.1, 0.15) is 30.9 Å². The van der Waals surface area contributed by atoms with E-state index in [1.165, 1.54) is 0 Å². The van der Waals surface area contributed by atoms with Crippen LogP contribution in [0, 0.1) is 12.3 Å². The monoisotopic (exact) mass is 1720 g/mol. The van der Waals surface area contributed by atoms with Gasteiger partial charge in [0.25, 0.3) is 5.56 Å². The van der Waals surface area contributed by atoms with E-state index in [9.17, 15) is 33.6 Å². The number of nitrogens with one attached hydrogen (secondary N) is 7. The van der Waals surface area contributed by atoms with Gasteiger partial charge < -0.3 is 109 Å². The number of amides is 6. The predicted octanol–water partition coefficient (Wildman–Crippen LogP) is 7.47. The van der Waals surface area contributed by atoms with Crippen molar-refractivity contribution in [2.24, 2.45) is 12.8 Å². The van der Waals surface area contributed by atoms with E-state index in [4.69, 9.17) is 74.2 Å². The number of ether oxygens (including phenoxy) is 11. The summed E-state index contributed by atoms with van der Waals surface area (Å²) in [7, 11) is 1.74. The number of anilines is 1. The summed E-state index contributed by atoms with van der Waals surface area (Å²) < 4.78 is 65.8. The summed E-state index contributed by atoms with van der Waals surface area (Å²) in [6.07, 6.45) is 16.0. The first kappa shape index (κ1) is 93.6. The zero-order valence-corrected chi connectivity index (χ0v) is 71.9. The van der Waals surface area contributed by atoms with Crippen molar-refractivity contribution in [3.05, 3.63) is 184 Å². The quantitative estimate of drug-likeness (QED) is 0.0104. The summed E-state index contributed by atoms with van der Waals surface area (Å²) in [5.41, 5.74) is 12.6. The Hall–Kier alpha value is -10.6. The fraction of sp³-hybridized carbons (Fsp3) is 0.500. The van der Waals surface area contributed by atoms with E-state index in [0.29, 0.717) is 159 Å². The van der Waals surface area contributed by atoms with E-state index < -0.39 is 66.4 Å². The van der Waals surface area contributed by atoms with Gasteiger partial charge in [-0.05, 0) is 115 Å². The van der Waals surface area contributed by atoms with Crippen molar-refractivity contribution in [3.63, 3.8) is 0 Å². The van der Waals surface area contributed by atoms with Gasteiger partial charge >= 0.3 is 6.09 Å². The van der Waals surface area contributed by atoms with E-state index in [1.807, 2.05) is 134 Å². The van der Waals surface area contributed by atoms with Crippen molar-refractivity contribution < 1.29 is 80.9 Å². The van der Waals surface area contributed by atoms with E-state index in [-0.39, 0.29) is 68.9 Å². The summed E-state index contributed by atoms with van der Waals surface area (Å²) >= 11 is 0. The van der Waals surface area contributed by atoms with Gasteiger partial charge in [0.2, 0.25) is 35.5 Å². The van der Waals surface area contributed by atoms with Crippen LogP contribution in [-0.2, 0) is 95.1 Å². The summed E-state index contributed by atoms with van der Waals surface area (Å²) in [6, 6.07) is 41.0. The second-order valence-electron chi connectivity index (χ2n) is 32.0. The lowest BCUT2D eigenvalue weighted by atomic mass is 9.87. The van der Waals surface area contributed by atoms with Crippen LogP contribution in [0.3, 0.4) is 0 Å². The number of hydrogen-bond donors (Lipinski definition) is 8. The number of H-pyrrole nitrogens is 1. The number of hydrogen-bond acceptors (Lipinski definition) is 23. The molecule has 5 heterocycles. The third kappa shape index (κ3) is 28.0. The Labute approximate surface area is 730 Å². The molecule has 9 N–H and O–H groups in total. The first-order valence-electron chi connectivity index (χ1n) is 43.7. The molecular weight excluding hydrogens is 1600 g/mol. The molecule has 5 aromatic carbocycles. The van der Waals surface area contributed by atoms with Gasteiger partial charge in [-0.25, -0.2) is 14.8 Å². The first-order chi connectivity index (χ1) is 61.0. The molecule has 1 saturated carbocycles. The fourth-order valence-electron chi connectivity index (χ4n) is 16.0. The highest BCUT2D eigenvalue weighted by atomic mass is 16.6. The number of benzene rings is 5. The van der Waals surface area contributed by atoms with Crippen molar-refractivity contribution in [2.75, 3.05) is 176 Å². The number of rotatable bonds is 55. The lowest BCUT2D eigenvalue weighted by Gasteiger charge is -2.45. The molecule has 3 atom stereocenters. The molecule has 12 rings (SSSR count). The maximum atomic E-state index is 14.3. The topological polar surface area (TPSA) is 372 Å². The van der Waals surface area contributed by atoms with Crippen LogP contribution in [0.2, 0.25) is 0 Å². The number of fused-ring (bicyclic) bond motifs is 5. The van der Waals surface area contributed by atoms with Gasteiger partial charge in [0.05, 0.1) is 143 Å². The Bertz CT molecular complexity index is 4830. The number of aromatic amines is 1. The smallest absolute Gasteiger partial charge is 0.407 e. The summed E-state index contributed by atoms with van der Waals surface area (Å²) in [6.45, 7) is 11.2. The molecule has 2 saturated heterocycles. The van der Waals surface area contributed by atoms with Gasteiger partial charge in [-0.1, -0.05) is 134 Å². The predicted molar refractivity (Wildman–Crippen MR) is 473 cm³/mol. The van der Waals surface area contributed by atoms with Gasteiger partial charge in [0, 0.05) is 98.9 Å². The molecule has 3 fully saturated rings. The van der Waals surface area contributed by atoms with Gasteiger partial charge in [-0.2, -0.15) is 0 Å². The standard InChI is InChI=1S/C94H121N13O18/c1-4-37-100-93(2)35-41-106(42-36-93)70-32-39-107(40-33-70)91-102-80-30-27-68(78-63-105(3)90(113)86-76(78)31-38-96-86)60-77(80)87(104-91)94(125-71-28-29-71,69-20-10-6-11-21-69)65-123-66-99-84(109)61-97-89(112)82(59-67-18-8-5-9-19-67)101-85(110)62-98-88(111)81(103-92(114)124-64-79-74-24-15-13-22-72(74)73-23-14-16-25-75(73)79)26-12-7-17-43-115-45-47-117-49-51-119-53-55-121-57-58-122-56-54-120-52-50-118-48-46-116-44-34-83(95)108/h1,5-6,8-11,13-16,18-25,27,30-31,38,60,63,70-71,79,81-82,96,100H,7,12,17,26,28-29,32-37,39-59,61-62,64-66H2,2-3H3,(H2,95,108)(H,97,112)(H,98,111)(H,99,109)(H,101,110)(H,103,114)/t81-,82-,94?/m0/s1. The van der Waals surface area contributed by atoms with Crippen molar-refractivity contribution in [2.45, 2.75) is 125 Å². The molecule has 0 spiro atoms. The number of alkyl carbamates (subject to hydrolysis) is 1. The number of primary amides is 1. The van der Waals surface area contributed by atoms with Crippen molar-refractivity contribution >= 4 is 63.4 Å². The van der Waals surface area contributed by atoms with Crippen LogP contribution in [0.15, 0.2) is 151 Å². The molecule has 2 aliphatic heterocycles. The molecule has 1 unspecified atom stereocenters. The zero-order chi connectivity index (χ0) is 87.4. The number of likely N-dealkylation sites (tertiary alicyclic amines) is 1. The number of aryl methyl sites for hydroxylation is 1.